The molecule has 4 rings (SSSR count). The third-order valence-electron chi connectivity index (χ3n) is 6.10. The number of carbonyl (C=O) groups is 1. The van der Waals surface area contributed by atoms with Crippen LogP contribution in [-0.4, -0.2) is 59.5 Å². The Morgan fingerprint density at radius 3 is 2.48 bits per heavy atom. The lowest BCUT2D eigenvalue weighted by Crippen LogP contribution is -2.47. The van der Waals surface area contributed by atoms with Crippen LogP contribution in [-0.2, 0) is 0 Å². The van der Waals surface area contributed by atoms with E-state index in [1.165, 1.54) is 19.3 Å². The molecule has 29 heavy (non-hydrogen) atoms. The first-order valence-electron chi connectivity index (χ1n) is 10.9. The van der Waals surface area contributed by atoms with Gasteiger partial charge < -0.3 is 15.1 Å². The number of benzene rings is 1. The van der Waals surface area contributed by atoms with Gasteiger partial charge in [-0.15, -0.1) is 0 Å². The van der Waals surface area contributed by atoms with Crippen LogP contribution in [0.4, 0.5) is 5.82 Å². The highest BCUT2D eigenvalue weighted by molar-refractivity contribution is 5.99. The maximum Gasteiger partial charge on any atom is 0.256 e. The fourth-order valence-corrected chi connectivity index (χ4v) is 4.29. The normalized spacial score (nSPS) is 18.6. The van der Waals surface area contributed by atoms with Crippen LogP contribution in [0.3, 0.4) is 0 Å². The van der Waals surface area contributed by atoms with Crippen LogP contribution in [0.25, 0.3) is 11.4 Å². The summed E-state index contributed by atoms with van der Waals surface area (Å²) in [4.78, 5) is 27.2. The van der Waals surface area contributed by atoms with Gasteiger partial charge in [0.05, 0.1) is 0 Å². The minimum absolute atomic E-state index is 0.0376. The molecule has 1 amide bonds. The van der Waals surface area contributed by atoms with Crippen molar-refractivity contribution in [1.82, 2.24) is 20.2 Å². The van der Waals surface area contributed by atoms with Crippen molar-refractivity contribution in [2.24, 2.45) is 0 Å². The summed E-state index contributed by atoms with van der Waals surface area (Å²) in [5.41, 5.74) is 1.57. The molecule has 1 aromatic heterocycles. The summed E-state index contributed by atoms with van der Waals surface area (Å²) in [7, 11) is 0. The second kappa shape index (κ2) is 9.35. The summed E-state index contributed by atoms with van der Waals surface area (Å²) in [5, 5.41) is 3.24. The van der Waals surface area contributed by atoms with Crippen molar-refractivity contribution in [3.05, 3.63) is 42.1 Å². The van der Waals surface area contributed by atoms with E-state index in [4.69, 9.17) is 4.98 Å². The van der Waals surface area contributed by atoms with E-state index >= 15 is 0 Å². The summed E-state index contributed by atoms with van der Waals surface area (Å²) < 4.78 is 0. The highest BCUT2D eigenvalue weighted by Crippen LogP contribution is 2.25. The predicted molar refractivity (Wildman–Crippen MR) is 116 cm³/mol. The molecule has 6 heteroatoms. The molecule has 2 aromatic rings. The van der Waals surface area contributed by atoms with E-state index in [-0.39, 0.29) is 11.9 Å². The Morgan fingerprint density at radius 2 is 1.79 bits per heavy atom. The molecule has 0 unspecified atom stereocenters. The molecule has 0 radical (unpaired) electrons. The van der Waals surface area contributed by atoms with Crippen molar-refractivity contribution in [2.75, 3.05) is 37.6 Å². The molecule has 154 valence electrons. The van der Waals surface area contributed by atoms with E-state index in [9.17, 15) is 4.79 Å². The first-order valence-corrected chi connectivity index (χ1v) is 10.9. The minimum atomic E-state index is -0.0376. The largest absolute Gasteiger partial charge is 0.353 e. The van der Waals surface area contributed by atoms with Crippen molar-refractivity contribution in [3.8, 4) is 11.4 Å². The fraction of sp³-hybridized carbons (Fsp3) is 0.522. The molecule has 1 saturated carbocycles. The lowest BCUT2D eigenvalue weighted by Gasteiger charge is -2.35. The lowest BCUT2D eigenvalue weighted by molar-refractivity contribution is 0.0927. The smallest absolute Gasteiger partial charge is 0.256 e. The third kappa shape index (κ3) is 4.75. The molecule has 2 fully saturated rings. The zero-order valence-corrected chi connectivity index (χ0v) is 17.3. The van der Waals surface area contributed by atoms with E-state index in [1.54, 1.807) is 6.20 Å². The maximum atomic E-state index is 13.1. The summed E-state index contributed by atoms with van der Waals surface area (Å²) in [6.07, 6.45) is 7.52. The average molecular weight is 394 g/mol. The first kappa shape index (κ1) is 19.8. The molecule has 6 nitrogen and oxygen atoms in total. The Hall–Kier alpha value is -2.47. The lowest BCUT2D eigenvalue weighted by atomic mass is 9.95. The van der Waals surface area contributed by atoms with Crippen LogP contribution in [0, 0.1) is 0 Å². The number of likely N-dealkylation sites (N-methyl/N-ethyl adjacent to an activating group) is 1. The highest BCUT2D eigenvalue weighted by atomic mass is 16.1. The van der Waals surface area contributed by atoms with Gasteiger partial charge in [0, 0.05) is 44.0 Å². The number of nitrogens with one attached hydrogen (secondary N) is 1. The van der Waals surface area contributed by atoms with Gasteiger partial charge in [-0.2, -0.15) is 0 Å². The van der Waals surface area contributed by atoms with Crippen molar-refractivity contribution in [1.29, 1.82) is 0 Å². The monoisotopic (exact) mass is 393 g/mol. The number of nitrogens with zero attached hydrogens (tertiary/aromatic N) is 4. The van der Waals surface area contributed by atoms with Crippen LogP contribution in [0.2, 0.25) is 0 Å². The van der Waals surface area contributed by atoms with E-state index in [0.717, 1.165) is 56.9 Å². The van der Waals surface area contributed by atoms with Gasteiger partial charge in [0.2, 0.25) is 0 Å². The number of piperazine rings is 1. The van der Waals surface area contributed by atoms with Gasteiger partial charge in [-0.05, 0) is 19.4 Å². The molecule has 1 aliphatic carbocycles. The standard InChI is InChI=1S/C23H31N5O/c1-2-27-13-15-28(16-14-27)22-20(23(29)25-19-11-7-4-8-12-19)17-24-21(26-22)18-9-5-3-6-10-18/h3,5-6,9-10,17,19H,2,4,7-8,11-16H2,1H3,(H,25,29). The van der Waals surface area contributed by atoms with Crippen LogP contribution in [0.5, 0.6) is 0 Å². The van der Waals surface area contributed by atoms with E-state index in [0.29, 0.717) is 11.4 Å². The van der Waals surface area contributed by atoms with Crippen molar-refractivity contribution in [3.63, 3.8) is 0 Å². The Labute approximate surface area is 173 Å². The van der Waals surface area contributed by atoms with E-state index in [2.05, 4.69) is 27.0 Å². The third-order valence-corrected chi connectivity index (χ3v) is 6.10. The van der Waals surface area contributed by atoms with Gasteiger partial charge in [-0.3, -0.25) is 4.79 Å². The number of aromatic nitrogens is 2. The molecule has 0 bridgehead atoms. The number of anilines is 1. The van der Waals surface area contributed by atoms with Gasteiger partial charge in [0.1, 0.15) is 11.4 Å². The number of rotatable bonds is 5. The Morgan fingerprint density at radius 1 is 1.07 bits per heavy atom. The molecule has 2 heterocycles. The maximum absolute atomic E-state index is 13.1. The average Bonchev–Trinajstić information content (AvgIpc) is 2.80. The van der Waals surface area contributed by atoms with Crippen molar-refractivity contribution >= 4 is 11.7 Å². The minimum Gasteiger partial charge on any atom is -0.353 e. The molecule has 0 spiro atoms. The number of amides is 1. The number of hydrogen-bond donors (Lipinski definition) is 1. The second-order valence-electron chi connectivity index (χ2n) is 8.03. The fourth-order valence-electron chi connectivity index (χ4n) is 4.29. The Bertz CT molecular complexity index is 811. The van der Waals surface area contributed by atoms with E-state index in [1.807, 2.05) is 30.3 Å². The molecule has 2 aliphatic rings. The van der Waals surface area contributed by atoms with Gasteiger partial charge in [-0.1, -0.05) is 56.5 Å². The predicted octanol–water partition coefficient (Wildman–Crippen LogP) is 3.35. The Balaban J connectivity index is 1.61. The molecule has 1 N–H and O–H groups in total. The molecule has 1 aliphatic heterocycles. The summed E-state index contributed by atoms with van der Waals surface area (Å²) in [6, 6.07) is 10.3. The number of hydrogen-bond acceptors (Lipinski definition) is 5. The van der Waals surface area contributed by atoms with Crippen LogP contribution < -0.4 is 10.2 Å². The summed E-state index contributed by atoms with van der Waals surface area (Å²) >= 11 is 0. The van der Waals surface area contributed by atoms with Gasteiger partial charge in [-0.25, -0.2) is 9.97 Å². The molecular weight excluding hydrogens is 362 g/mol. The Kier molecular flexibility index (Phi) is 6.39. The van der Waals surface area contributed by atoms with Crippen LogP contribution in [0.1, 0.15) is 49.4 Å². The highest BCUT2D eigenvalue weighted by Gasteiger charge is 2.25. The van der Waals surface area contributed by atoms with Crippen molar-refractivity contribution < 1.29 is 4.79 Å². The number of carbonyl (C=O) groups excluding carboxylic acids is 1. The molecule has 1 aromatic carbocycles. The summed E-state index contributed by atoms with van der Waals surface area (Å²) in [5.74, 6) is 1.40. The molecule has 1 saturated heterocycles. The van der Waals surface area contributed by atoms with Crippen molar-refractivity contribution in [2.45, 2.75) is 45.1 Å². The molecule has 0 atom stereocenters. The van der Waals surface area contributed by atoms with Gasteiger partial charge >= 0.3 is 0 Å². The SMILES string of the molecule is CCN1CCN(c2nc(-c3ccccc3)ncc2C(=O)NC2CCCCC2)CC1. The molecular formula is C23H31N5O. The first-order chi connectivity index (χ1) is 14.2. The van der Waals surface area contributed by atoms with Crippen LogP contribution >= 0.6 is 0 Å². The van der Waals surface area contributed by atoms with Crippen LogP contribution in [0.15, 0.2) is 36.5 Å². The zero-order chi connectivity index (χ0) is 20.1. The van der Waals surface area contributed by atoms with E-state index < -0.39 is 0 Å². The van der Waals surface area contributed by atoms with Gasteiger partial charge in [0.25, 0.3) is 5.91 Å². The zero-order valence-electron chi connectivity index (χ0n) is 17.3. The topological polar surface area (TPSA) is 61.4 Å². The summed E-state index contributed by atoms with van der Waals surface area (Å²) in [6.45, 7) is 6.99. The second-order valence-corrected chi connectivity index (χ2v) is 8.03. The quantitative estimate of drug-likeness (QED) is 0.844. The van der Waals surface area contributed by atoms with Gasteiger partial charge in [0.15, 0.2) is 5.82 Å².